The maximum Gasteiger partial charge on any atom is 0.0888 e. The number of ether oxygens (including phenoxy) is 1. The van der Waals surface area contributed by atoms with Gasteiger partial charge in [-0.25, -0.2) is 0 Å². The van der Waals surface area contributed by atoms with E-state index in [1.165, 1.54) is 0 Å². The number of nitrogens with two attached hydrogens (primary N) is 1. The van der Waals surface area contributed by atoms with Crippen molar-refractivity contribution in [3.05, 3.63) is 25.0 Å². The Kier molecular flexibility index (Phi) is 9.84. The summed E-state index contributed by atoms with van der Waals surface area (Å²) in [7, 11) is 0. The number of hydrogen-bond donors (Lipinski definition) is 1. The lowest BCUT2D eigenvalue weighted by molar-refractivity contribution is 0.217. The summed E-state index contributed by atoms with van der Waals surface area (Å²) < 4.78 is 5.31. The van der Waals surface area contributed by atoms with E-state index in [2.05, 4.69) is 13.2 Å². The summed E-state index contributed by atoms with van der Waals surface area (Å²) in [6, 6.07) is 0. The largest absolute Gasteiger partial charge is 0.499 e. The van der Waals surface area contributed by atoms with E-state index in [1.54, 1.807) is 0 Å². The number of hydrogen-bond acceptors (Lipinski definition) is 3. The summed E-state index contributed by atoms with van der Waals surface area (Å²) in [5.74, 6) is 3.54. The minimum Gasteiger partial charge on any atom is -0.499 e. The maximum atomic E-state index is 5.44. The highest BCUT2D eigenvalue weighted by atomic mass is 32.2. The van der Waals surface area contributed by atoms with Gasteiger partial charge in [0.05, 0.1) is 12.4 Å². The minimum atomic E-state index is 0.541. The minimum absolute atomic E-state index is 0.541. The number of allylic oxidation sites excluding steroid dienone is 2. The zero-order chi connectivity index (χ0) is 11.5. The Balaban J connectivity index is 3.60. The van der Waals surface area contributed by atoms with Gasteiger partial charge in [-0.05, 0) is 25.0 Å². The molecular weight excluding hydrogens is 206 g/mol. The first kappa shape index (κ1) is 14.6. The van der Waals surface area contributed by atoms with Crippen molar-refractivity contribution in [2.45, 2.75) is 19.8 Å². The molecule has 0 radical (unpaired) electrons. The predicted octanol–water partition coefficient (Wildman–Crippen LogP) is 2.81. The van der Waals surface area contributed by atoms with Gasteiger partial charge in [-0.1, -0.05) is 12.7 Å². The fourth-order valence-corrected chi connectivity index (χ4v) is 2.15. The van der Waals surface area contributed by atoms with E-state index in [-0.39, 0.29) is 0 Å². The van der Waals surface area contributed by atoms with E-state index < -0.39 is 0 Å². The summed E-state index contributed by atoms with van der Waals surface area (Å²) in [6.07, 6.45) is 4.01. The molecule has 0 heterocycles. The van der Waals surface area contributed by atoms with Crippen LogP contribution in [0.4, 0.5) is 0 Å². The molecule has 2 nitrogen and oxygen atoms in total. The molecule has 0 aromatic rings. The van der Waals surface area contributed by atoms with E-state index in [9.17, 15) is 0 Å². The highest BCUT2D eigenvalue weighted by Gasteiger charge is 2.05. The molecule has 0 aliphatic heterocycles. The van der Waals surface area contributed by atoms with Crippen LogP contribution in [0.1, 0.15) is 19.8 Å². The van der Waals surface area contributed by atoms with Gasteiger partial charge in [0.25, 0.3) is 0 Å². The third-order valence-corrected chi connectivity index (χ3v) is 3.26. The molecule has 0 aliphatic rings. The van der Waals surface area contributed by atoms with Gasteiger partial charge >= 0.3 is 0 Å². The third-order valence-electron chi connectivity index (χ3n) is 2.07. The molecule has 0 saturated heterocycles. The molecule has 2 N–H and O–H groups in total. The Morgan fingerprint density at radius 1 is 1.60 bits per heavy atom. The molecule has 0 fully saturated rings. The van der Waals surface area contributed by atoms with Crippen molar-refractivity contribution in [3.8, 4) is 0 Å². The number of thioether (sulfide) groups is 1. The Morgan fingerprint density at radius 2 is 2.33 bits per heavy atom. The molecule has 0 rings (SSSR count). The zero-order valence-electron chi connectivity index (χ0n) is 9.71. The van der Waals surface area contributed by atoms with Crippen LogP contribution in [0.25, 0.3) is 0 Å². The summed E-state index contributed by atoms with van der Waals surface area (Å²) in [5.41, 5.74) is 5.44. The third kappa shape index (κ3) is 8.58. The fraction of sp³-hybridized carbons (Fsp3) is 0.667. The van der Waals surface area contributed by atoms with Crippen LogP contribution in [0.15, 0.2) is 25.0 Å². The van der Waals surface area contributed by atoms with Crippen LogP contribution in [0, 0.1) is 5.92 Å². The van der Waals surface area contributed by atoms with E-state index in [1.807, 2.05) is 24.8 Å². The highest BCUT2D eigenvalue weighted by molar-refractivity contribution is 7.99. The molecule has 0 spiro atoms. The molecule has 0 aromatic carbocycles. The summed E-state index contributed by atoms with van der Waals surface area (Å²) in [5, 5.41) is 0. The number of rotatable bonds is 10. The molecule has 3 heteroatoms. The lowest BCUT2D eigenvalue weighted by atomic mass is 10.1. The Morgan fingerprint density at radius 3 is 2.87 bits per heavy atom. The van der Waals surface area contributed by atoms with Crippen LogP contribution >= 0.6 is 11.8 Å². The molecule has 0 amide bonds. The van der Waals surface area contributed by atoms with Gasteiger partial charge < -0.3 is 10.5 Å². The normalized spacial score (nSPS) is 12.1. The topological polar surface area (TPSA) is 35.2 Å². The SMILES string of the molecule is C=CC(CCC(=C)OCC)CSCCN. The van der Waals surface area contributed by atoms with Gasteiger partial charge in [-0.15, -0.1) is 6.58 Å². The van der Waals surface area contributed by atoms with Crippen molar-refractivity contribution >= 4 is 11.8 Å². The lowest BCUT2D eigenvalue weighted by Gasteiger charge is -2.13. The molecule has 0 aliphatic carbocycles. The molecule has 15 heavy (non-hydrogen) atoms. The van der Waals surface area contributed by atoms with Crippen LogP contribution < -0.4 is 5.73 Å². The van der Waals surface area contributed by atoms with Crippen molar-refractivity contribution < 1.29 is 4.74 Å². The smallest absolute Gasteiger partial charge is 0.0888 e. The quantitative estimate of drug-likeness (QED) is 0.355. The maximum absolute atomic E-state index is 5.44. The Bertz CT molecular complexity index is 182. The molecule has 0 saturated carbocycles. The predicted molar refractivity (Wildman–Crippen MR) is 70.1 cm³/mol. The molecular formula is C12H23NOS. The van der Waals surface area contributed by atoms with E-state index in [0.717, 1.165) is 36.7 Å². The fourth-order valence-electron chi connectivity index (χ4n) is 1.21. The second-order valence-electron chi connectivity index (χ2n) is 3.37. The average molecular weight is 229 g/mol. The summed E-state index contributed by atoms with van der Waals surface area (Å²) in [6.45, 7) is 11.1. The van der Waals surface area contributed by atoms with Crippen LogP contribution in [0.2, 0.25) is 0 Å². The summed E-state index contributed by atoms with van der Waals surface area (Å²) in [4.78, 5) is 0. The van der Waals surface area contributed by atoms with Crippen LogP contribution in [-0.2, 0) is 4.74 Å². The highest BCUT2D eigenvalue weighted by Crippen LogP contribution is 2.17. The van der Waals surface area contributed by atoms with Crippen LogP contribution in [0.5, 0.6) is 0 Å². The lowest BCUT2D eigenvalue weighted by Crippen LogP contribution is -2.06. The first-order chi connectivity index (χ1) is 7.24. The van der Waals surface area contributed by atoms with E-state index in [4.69, 9.17) is 10.5 Å². The van der Waals surface area contributed by atoms with Crippen molar-refractivity contribution in [3.63, 3.8) is 0 Å². The van der Waals surface area contributed by atoms with E-state index >= 15 is 0 Å². The second kappa shape index (κ2) is 10.1. The molecule has 1 atom stereocenters. The van der Waals surface area contributed by atoms with Crippen molar-refractivity contribution in [2.24, 2.45) is 11.7 Å². The Labute approximate surface area is 98.0 Å². The first-order valence-corrected chi connectivity index (χ1v) is 6.61. The van der Waals surface area contributed by atoms with Gasteiger partial charge in [0, 0.05) is 18.7 Å². The van der Waals surface area contributed by atoms with Gasteiger partial charge in [-0.2, -0.15) is 11.8 Å². The van der Waals surface area contributed by atoms with Crippen LogP contribution in [0.3, 0.4) is 0 Å². The average Bonchev–Trinajstić information content (AvgIpc) is 2.23. The van der Waals surface area contributed by atoms with E-state index in [0.29, 0.717) is 12.5 Å². The van der Waals surface area contributed by atoms with Gasteiger partial charge in [0.15, 0.2) is 0 Å². The van der Waals surface area contributed by atoms with Crippen molar-refractivity contribution in [2.75, 3.05) is 24.7 Å². The van der Waals surface area contributed by atoms with Gasteiger partial charge in [0.1, 0.15) is 0 Å². The molecule has 1 unspecified atom stereocenters. The second-order valence-corrected chi connectivity index (χ2v) is 4.52. The Hall–Kier alpha value is -0.410. The molecule has 0 bridgehead atoms. The summed E-state index contributed by atoms with van der Waals surface area (Å²) >= 11 is 1.88. The molecule has 88 valence electrons. The van der Waals surface area contributed by atoms with Crippen molar-refractivity contribution in [1.82, 2.24) is 0 Å². The monoisotopic (exact) mass is 229 g/mol. The first-order valence-electron chi connectivity index (χ1n) is 5.45. The van der Waals surface area contributed by atoms with Gasteiger partial charge in [0.2, 0.25) is 0 Å². The molecule has 0 aromatic heterocycles. The van der Waals surface area contributed by atoms with Gasteiger partial charge in [-0.3, -0.25) is 0 Å². The van der Waals surface area contributed by atoms with Crippen molar-refractivity contribution in [1.29, 1.82) is 0 Å². The zero-order valence-corrected chi connectivity index (χ0v) is 10.5. The van der Waals surface area contributed by atoms with Crippen LogP contribution in [-0.4, -0.2) is 24.7 Å². The standard InChI is InChI=1S/C12H23NOS/c1-4-12(10-15-9-8-13)7-6-11(3)14-5-2/h4,12H,1,3,5-10,13H2,2H3.